The highest BCUT2D eigenvalue weighted by molar-refractivity contribution is 6.30. The topological polar surface area (TPSA) is 74.1 Å². The molecule has 7 heteroatoms. The normalized spacial score (nSPS) is 10.8. The van der Waals surface area contributed by atoms with Gasteiger partial charge in [-0.05, 0) is 32.9 Å². The second kappa shape index (κ2) is 6.70. The second-order valence-corrected chi connectivity index (χ2v) is 5.31. The Hall–Kier alpha value is -2.21. The van der Waals surface area contributed by atoms with E-state index < -0.39 is 11.4 Å². The van der Waals surface area contributed by atoms with Crippen LogP contribution in [0.5, 0.6) is 0 Å². The van der Waals surface area contributed by atoms with Crippen molar-refractivity contribution in [1.82, 2.24) is 14.8 Å². The minimum absolute atomic E-state index is 0.0279. The summed E-state index contributed by atoms with van der Waals surface area (Å²) in [5, 5.41) is 4.54. The fraction of sp³-hybridized carbons (Fsp3) is 0.333. The number of hydrogen-bond donors (Lipinski definition) is 0. The first-order valence-electron chi connectivity index (χ1n) is 6.86. The van der Waals surface area contributed by atoms with Crippen molar-refractivity contribution in [1.29, 1.82) is 0 Å². The maximum atomic E-state index is 12.5. The molecule has 0 aliphatic rings. The maximum Gasteiger partial charge on any atom is 0.362 e. The summed E-state index contributed by atoms with van der Waals surface area (Å²) in [5.74, 6) is -0.738. The third-order valence-electron chi connectivity index (χ3n) is 2.94. The van der Waals surface area contributed by atoms with Crippen molar-refractivity contribution in [2.75, 3.05) is 6.61 Å². The number of pyridine rings is 1. The molecule has 0 spiro atoms. The highest BCUT2D eigenvalue weighted by Gasteiger charge is 2.20. The first-order chi connectivity index (χ1) is 10.4. The van der Waals surface area contributed by atoms with Crippen LogP contribution in [0.4, 0.5) is 0 Å². The molecule has 0 aliphatic carbocycles. The quantitative estimate of drug-likeness (QED) is 0.809. The first-order valence-corrected chi connectivity index (χ1v) is 7.24. The minimum atomic E-state index is -0.738. The number of esters is 1. The highest BCUT2D eigenvalue weighted by Crippen LogP contribution is 2.17. The van der Waals surface area contributed by atoms with Gasteiger partial charge in [0.05, 0.1) is 22.9 Å². The molecule has 6 nitrogen and oxygen atoms in total. The van der Waals surface area contributed by atoms with Crippen LogP contribution in [0.1, 0.15) is 37.3 Å². The Labute approximate surface area is 132 Å². The van der Waals surface area contributed by atoms with E-state index in [1.807, 2.05) is 13.8 Å². The molecule has 0 atom stereocenters. The van der Waals surface area contributed by atoms with Gasteiger partial charge >= 0.3 is 5.97 Å². The lowest BCUT2D eigenvalue weighted by Crippen LogP contribution is -2.26. The van der Waals surface area contributed by atoms with Crippen molar-refractivity contribution < 1.29 is 9.53 Å². The molecule has 2 aromatic rings. The van der Waals surface area contributed by atoms with Crippen LogP contribution in [-0.4, -0.2) is 27.3 Å². The monoisotopic (exact) mass is 321 g/mol. The maximum absolute atomic E-state index is 12.5. The molecule has 0 N–H and O–H groups in total. The molecule has 0 saturated carbocycles. The van der Waals surface area contributed by atoms with Crippen LogP contribution in [0.3, 0.4) is 0 Å². The largest absolute Gasteiger partial charge is 0.461 e. The van der Waals surface area contributed by atoms with Crippen molar-refractivity contribution in [2.24, 2.45) is 0 Å². The molecule has 22 heavy (non-hydrogen) atoms. The van der Waals surface area contributed by atoms with Gasteiger partial charge in [-0.15, -0.1) is 0 Å². The van der Waals surface area contributed by atoms with Gasteiger partial charge in [0.15, 0.2) is 0 Å². The Morgan fingerprint density at radius 3 is 2.68 bits per heavy atom. The van der Waals surface area contributed by atoms with Gasteiger partial charge in [-0.25, -0.2) is 4.79 Å². The molecule has 0 aliphatic heterocycles. The predicted octanol–water partition coefficient (Wildman–Crippen LogP) is 2.72. The summed E-state index contributed by atoms with van der Waals surface area (Å²) < 4.78 is 6.44. The van der Waals surface area contributed by atoms with Crippen LogP contribution in [0, 0.1) is 0 Å². The van der Waals surface area contributed by atoms with Gasteiger partial charge in [0.25, 0.3) is 0 Å². The Balaban J connectivity index is 2.64. The molecule has 0 amide bonds. The van der Waals surface area contributed by atoms with E-state index in [1.54, 1.807) is 29.9 Å². The van der Waals surface area contributed by atoms with Crippen LogP contribution in [0.15, 0.2) is 29.3 Å². The molecule has 0 fully saturated rings. The molecular formula is C15H16ClN3O3. The van der Waals surface area contributed by atoms with E-state index in [4.69, 9.17) is 16.3 Å². The molecule has 0 unspecified atom stereocenters. The van der Waals surface area contributed by atoms with Crippen LogP contribution >= 0.6 is 11.6 Å². The lowest BCUT2D eigenvalue weighted by molar-refractivity contribution is 0.0514. The Morgan fingerprint density at radius 2 is 2.14 bits per heavy atom. The van der Waals surface area contributed by atoms with Gasteiger partial charge < -0.3 is 4.74 Å². The molecule has 116 valence electrons. The van der Waals surface area contributed by atoms with Gasteiger partial charge in [0.2, 0.25) is 11.1 Å². The van der Waals surface area contributed by atoms with E-state index in [0.29, 0.717) is 10.7 Å². The van der Waals surface area contributed by atoms with E-state index >= 15 is 0 Å². The lowest BCUT2D eigenvalue weighted by Gasteiger charge is -2.13. The molecule has 2 heterocycles. The summed E-state index contributed by atoms with van der Waals surface area (Å²) in [6, 6.07) is 3.23. The van der Waals surface area contributed by atoms with E-state index in [2.05, 4.69) is 10.1 Å². The smallest absolute Gasteiger partial charge is 0.362 e. The Bertz CT molecular complexity index is 739. The van der Waals surface area contributed by atoms with E-state index in [-0.39, 0.29) is 23.9 Å². The molecule has 2 rings (SSSR count). The van der Waals surface area contributed by atoms with Gasteiger partial charge in [-0.2, -0.15) is 5.10 Å². The average Bonchev–Trinajstić information content (AvgIpc) is 2.48. The average molecular weight is 322 g/mol. The van der Waals surface area contributed by atoms with Crippen LogP contribution in [0.25, 0.3) is 11.3 Å². The van der Waals surface area contributed by atoms with Gasteiger partial charge in [-0.1, -0.05) is 11.6 Å². The van der Waals surface area contributed by atoms with Crippen LogP contribution in [0.2, 0.25) is 5.02 Å². The summed E-state index contributed by atoms with van der Waals surface area (Å²) in [7, 11) is 0. The number of aromatic nitrogens is 3. The summed E-state index contributed by atoms with van der Waals surface area (Å²) in [6.45, 7) is 5.63. The molecule has 2 aromatic heterocycles. The minimum Gasteiger partial charge on any atom is -0.461 e. The number of rotatable bonds is 4. The molecule has 0 saturated heterocycles. The Morgan fingerprint density at radius 1 is 1.41 bits per heavy atom. The van der Waals surface area contributed by atoms with Gasteiger partial charge in [-0.3, -0.25) is 14.5 Å². The first kappa shape index (κ1) is 16.2. The molecule has 0 aromatic carbocycles. The summed E-state index contributed by atoms with van der Waals surface area (Å²) >= 11 is 5.81. The summed E-state index contributed by atoms with van der Waals surface area (Å²) in [6.07, 6.45) is 3.02. The van der Waals surface area contributed by atoms with Crippen LogP contribution in [-0.2, 0) is 4.74 Å². The number of carbonyl (C=O) groups excluding carboxylic acids is 1. The SMILES string of the molecule is CCOC(=O)c1nn(C(C)C)cc(-c2ccc(Cl)cn2)c1=O. The molecule has 0 radical (unpaired) electrons. The van der Waals surface area contributed by atoms with E-state index in [9.17, 15) is 9.59 Å². The van der Waals surface area contributed by atoms with E-state index in [0.717, 1.165) is 0 Å². The third-order valence-corrected chi connectivity index (χ3v) is 3.16. The van der Waals surface area contributed by atoms with Gasteiger partial charge in [0.1, 0.15) is 0 Å². The molecular weight excluding hydrogens is 306 g/mol. The predicted molar refractivity (Wildman–Crippen MR) is 83.1 cm³/mol. The number of hydrogen-bond acceptors (Lipinski definition) is 5. The number of carbonyl (C=O) groups is 1. The zero-order chi connectivity index (χ0) is 16.3. The number of ether oxygens (including phenoxy) is 1. The Kier molecular flexibility index (Phi) is 4.92. The van der Waals surface area contributed by atoms with Crippen molar-refractivity contribution in [3.05, 3.63) is 45.5 Å². The van der Waals surface area contributed by atoms with Crippen LogP contribution < -0.4 is 5.43 Å². The summed E-state index contributed by atoms with van der Waals surface area (Å²) in [5.41, 5.74) is -0.0462. The number of nitrogens with zero attached hydrogens (tertiary/aromatic N) is 3. The third kappa shape index (κ3) is 3.33. The van der Waals surface area contributed by atoms with E-state index in [1.165, 1.54) is 6.20 Å². The zero-order valence-electron chi connectivity index (χ0n) is 12.5. The number of halogens is 1. The van der Waals surface area contributed by atoms with Gasteiger partial charge in [0, 0.05) is 18.4 Å². The summed E-state index contributed by atoms with van der Waals surface area (Å²) in [4.78, 5) is 28.6. The lowest BCUT2D eigenvalue weighted by atomic mass is 10.1. The molecule has 0 bridgehead atoms. The standard InChI is InChI=1S/C15H16ClN3O3/c1-4-22-15(21)13-14(20)11(8-19(18-13)9(2)3)12-6-5-10(16)7-17-12/h5-9H,4H2,1-3H3. The highest BCUT2D eigenvalue weighted by atomic mass is 35.5. The van der Waals surface area contributed by atoms with Crippen molar-refractivity contribution in [2.45, 2.75) is 26.8 Å². The van der Waals surface area contributed by atoms with Crippen molar-refractivity contribution in [3.8, 4) is 11.3 Å². The second-order valence-electron chi connectivity index (χ2n) is 4.88. The van der Waals surface area contributed by atoms with Crippen molar-refractivity contribution >= 4 is 17.6 Å². The fourth-order valence-corrected chi connectivity index (χ4v) is 1.94. The van der Waals surface area contributed by atoms with Crippen molar-refractivity contribution in [3.63, 3.8) is 0 Å². The fourth-order valence-electron chi connectivity index (χ4n) is 1.82. The zero-order valence-corrected chi connectivity index (χ0v) is 13.3.